The van der Waals surface area contributed by atoms with E-state index < -0.39 is 0 Å². The summed E-state index contributed by atoms with van der Waals surface area (Å²) in [6.07, 6.45) is 2.37. The van der Waals surface area contributed by atoms with Crippen molar-refractivity contribution in [3.8, 4) is 0 Å². The van der Waals surface area contributed by atoms with Gasteiger partial charge in [-0.1, -0.05) is 30.3 Å². The van der Waals surface area contributed by atoms with Crippen molar-refractivity contribution in [3.05, 3.63) is 35.9 Å². The van der Waals surface area contributed by atoms with Crippen LogP contribution in [0.15, 0.2) is 30.3 Å². The SMILES string of the molecule is C[C@@H]1CN(CCCCN)[C@@H](C)CN1Cc1ccccc1. The molecule has 1 heterocycles. The molecule has 0 aliphatic carbocycles. The minimum Gasteiger partial charge on any atom is -0.330 e. The van der Waals surface area contributed by atoms with Gasteiger partial charge in [0.25, 0.3) is 0 Å². The Morgan fingerprint density at radius 3 is 2.35 bits per heavy atom. The molecule has 2 atom stereocenters. The van der Waals surface area contributed by atoms with Gasteiger partial charge in [0.2, 0.25) is 0 Å². The molecule has 3 nitrogen and oxygen atoms in total. The first-order valence-electron chi connectivity index (χ1n) is 7.92. The van der Waals surface area contributed by atoms with Crippen LogP contribution < -0.4 is 5.73 Å². The van der Waals surface area contributed by atoms with Gasteiger partial charge in [-0.3, -0.25) is 9.80 Å². The normalized spacial score (nSPS) is 24.9. The van der Waals surface area contributed by atoms with E-state index in [0.717, 1.165) is 19.5 Å². The fourth-order valence-electron chi connectivity index (χ4n) is 3.08. The minimum absolute atomic E-state index is 0.629. The zero-order valence-electron chi connectivity index (χ0n) is 13.0. The van der Waals surface area contributed by atoms with Crippen LogP contribution >= 0.6 is 0 Å². The maximum absolute atomic E-state index is 5.59. The van der Waals surface area contributed by atoms with E-state index in [1.165, 1.54) is 31.6 Å². The first-order chi connectivity index (χ1) is 9.70. The predicted molar refractivity (Wildman–Crippen MR) is 85.6 cm³/mol. The Labute approximate surface area is 123 Å². The second-order valence-electron chi connectivity index (χ2n) is 6.10. The molecule has 0 saturated carbocycles. The number of benzene rings is 1. The molecule has 1 aromatic rings. The zero-order chi connectivity index (χ0) is 14.4. The van der Waals surface area contributed by atoms with Crippen LogP contribution in [-0.2, 0) is 6.54 Å². The Balaban J connectivity index is 1.86. The van der Waals surface area contributed by atoms with Crippen LogP contribution in [0.25, 0.3) is 0 Å². The van der Waals surface area contributed by atoms with E-state index in [2.05, 4.69) is 54.0 Å². The van der Waals surface area contributed by atoms with Crippen LogP contribution in [-0.4, -0.2) is 48.1 Å². The Hall–Kier alpha value is -0.900. The second kappa shape index (κ2) is 7.77. The minimum atomic E-state index is 0.629. The highest BCUT2D eigenvalue weighted by atomic mass is 15.3. The van der Waals surface area contributed by atoms with Crippen molar-refractivity contribution in [2.75, 3.05) is 26.2 Å². The van der Waals surface area contributed by atoms with Gasteiger partial charge in [0.15, 0.2) is 0 Å². The highest BCUT2D eigenvalue weighted by Gasteiger charge is 2.28. The second-order valence-corrected chi connectivity index (χ2v) is 6.10. The number of piperazine rings is 1. The first kappa shape index (κ1) is 15.5. The van der Waals surface area contributed by atoms with E-state index in [-0.39, 0.29) is 0 Å². The summed E-state index contributed by atoms with van der Waals surface area (Å²) in [6.45, 7) is 10.1. The number of hydrogen-bond donors (Lipinski definition) is 1. The van der Waals surface area contributed by atoms with Gasteiger partial charge in [0.05, 0.1) is 0 Å². The molecule has 1 aliphatic rings. The van der Waals surface area contributed by atoms with Crippen LogP contribution in [0.5, 0.6) is 0 Å². The van der Waals surface area contributed by atoms with E-state index in [1.807, 2.05) is 0 Å². The third kappa shape index (κ3) is 4.30. The molecule has 0 bridgehead atoms. The van der Waals surface area contributed by atoms with Gasteiger partial charge >= 0.3 is 0 Å². The predicted octanol–water partition coefficient (Wildman–Crippen LogP) is 2.32. The van der Waals surface area contributed by atoms with Crippen LogP contribution in [0, 0.1) is 0 Å². The lowest BCUT2D eigenvalue weighted by atomic mass is 10.1. The summed E-state index contributed by atoms with van der Waals surface area (Å²) < 4.78 is 0. The van der Waals surface area contributed by atoms with E-state index in [0.29, 0.717) is 12.1 Å². The molecule has 0 unspecified atom stereocenters. The van der Waals surface area contributed by atoms with E-state index in [1.54, 1.807) is 0 Å². The fourth-order valence-corrected chi connectivity index (χ4v) is 3.08. The standard InChI is InChI=1S/C17H29N3/c1-15-13-20(14-17-8-4-3-5-9-17)16(2)12-19(15)11-7-6-10-18/h3-5,8-9,15-16H,6-7,10-14,18H2,1-2H3/t15-,16+/m0/s1. The summed E-state index contributed by atoms with van der Waals surface area (Å²) in [5.74, 6) is 0. The first-order valence-corrected chi connectivity index (χ1v) is 7.92. The van der Waals surface area contributed by atoms with Gasteiger partial charge in [-0.2, -0.15) is 0 Å². The summed E-state index contributed by atoms with van der Waals surface area (Å²) in [4.78, 5) is 5.24. The molecule has 2 rings (SSSR count). The highest BCUT2D eigenvalue weighted by Crippen LogP contribution is 2.18. The maximum Gasteiger partial charge on any atom is 0.0237 e. The third-order valence-electron chi connectivity index (χ3n) is 4.37. The van der Waals surface area contributed by atoms with Gasteiger partial charge in [-0.15, -0.1) is 0 Å². The average Bonchev–Trinajstić information content (AvgIpc) is 2.45. The summed E-state index contributed by atoms with van der Waals surface area (Å²) in [5, 5.41) is 0. The molecule has 1 saturated heterocycles. The van der Waals surface area contributed by atoms with Gasteiger partial charge in [0, 0.05) is 31.7 Å². The van der Waals surface area contributed by atoms with Crippen LogP contribution in [0.4, 0.5) is 0 Å². The lowest BCUT2D eigenvalue weighted by Gasteiger charge is -2.44. The lowest BCUT2D eigenvalue weighted by Crippen LogP contribution is -2.56. The molecule has 1 fully saturated rings. The summed E-state index contributed by atoms with van der Waals surface area (Å²) >= 11 is 0. The number of hydrogen-bond acceptors (Lipinski definition) is 3. The molecule has 20 heavy (non-hydrogen) atoms. The molecular formula is C17H29N3. The van der Waals surface area contributed by atoms with Crippen molar-refractivity contribution in [2.45, 2.75) is 45.3 Å². The molecule has 0 amide bonds. The molecule has 112 valence electrons. The topological polar surface area (TPSA) is 32.5 Å². The highest BCUT2D eigenvalue weighted by molar-refractivity contribution is 5.14. The summed E-state index contributed by atoms with van der Waals surface area (Å²) in [7, 11) is 0. The number of unbranched alkanes of at least 4 members (excludes halogenated alkanes) is 1. The molecule has 1 aliphatic heterocycles. The molecule has 2 N–H and O–H groups in total. The van der Waals surface area contributed by atoms with Crippen LogP contribution in [0.1, 0.15) is 32.3 Å². The van der Waals surface area contributed by atoms with E-state index in [4.69, 9.17) is 5.73 Å². The Morgan fingerprint density at radius 2 is 1.65 bits per heavy atom. The van der Waals surface area contributed by atoms with Crippen LogP contribution in [0.3, 0.4) is 0 Å². The number of nitrogens with zero attached hydrogens (tertiary/aromatic N) is 2. The molecule has 3 heteroatoms. The molecule has 1 aromatic carbocycles. The third-order valence-corrected chi connectivity index (χ3v) is 4.37. The molecular weight excluding hydrogens is 246 g/mol. The van der Waals surface area contributed by atoms with Crippen molar-refractivity contribution in [1.82, 2.24) is 9.80 Å². The quantitative estimate of drug-likeness (QED) is 0.809. The Morgan fingerprint density at radius 1 is 1.00 bits per heavy atom. The van der Waals surface area contributed by atoms with Crippen molar-refractivity contribution in [3.63, 3.8) is 0 Å². The Bertz CT molecular complexity index is 379. The molecule has 0 aromatic heterocycles. The largest absolute Gasteiger partial charge is 0.330 e. The van der Waals surface area contributed by atoms with Gasteiger partial charge < -0.3 is 5.73 Å². The van der Waals surface area contributed by atoms with Crippen molar-refractivity contribution in [2.24, 2.45) is 5.73 Å². The van der Waals surface area contributed by atoms with Crippen molar-refractivity contribution in [1.29, 1.82) is 0 Å². The van der Waals surface area contributed by atoms with Crippen LogP contribution in [0.2, 0.25) is 0 Å². The summed E-state index contributed by atoms with van der Waals surface area (Å²) in [6, 6.07) is 12.1. The average molecular weight is 275 g/mol. The van der Waals surface area contributed by atoms with E-state index >= 15 is 0 Å². The zero-order valence-corrected chi connectivity index (χ0v) is 13.0. The van der Waals surface area contributed by atoms with Gasteiger partial charge in [0.1, 0.15) is 0 Å². The summed E-state index contributed by atoms with van der Waals surface area (Å²) in [5.41, 5.74) is 7.01. The Kier molecular flexibility index (Phi) is 6.02. The number of rotatable bonds is 6. The van der Waals surface area contributed by atoms with Crippen molar-refractivity contribution < 1.29 is 0 Å². The van der Waals surface area contributed by atoms with Gasteiger partial charge in [-0.25, -0.2) is 0 Å². The molecule has 0 spiro atoms. The van der Waals surface area contributed by atoms with E-state index in [9.17, 15) is 0 Å². The molecule has 0 radical (unpaired) electrons. The van der Waals surface area contributed by atoms with Gasteiger partial charge in [-0.05, 0) is 45.3 Å². The smallest absolute Gasteiger partial charge is 0.0237 e. The lowest BCUT2D eigenvalue weighted by molar-refractivity contribution is 0.0369. The monoisotopic (exact) mass is 275 g/mol. The number of nitrogens with two attached hydrogens (primary N) is 1. The van der Waals surface area contributed by atoms with Crippen molar-refractivity contribution >= 4 is 0 Å². The maximum atomic E-state index is 5.59. The fraction of sp³-hybridized carbons (Fsp3) is 0.647.